The molecule has 0 radical (unpaired) electrons. The predicted molar refractivity (Wildman–Crippen MR) is 179 cm³/mol. The van der Waals surface area contributed by atoms with Gasteiger partial charge in [0.2, 0.25) is 0 Å². The van der Waals surface area contributed by atoms with Crippen molar-refractivity contribution in [3.05, 3.63) is 48.5 Å². The second-order valence-corrected chi connectivity index (χ2v) is 21.8. The van der Waals surface area contributed by atoms with E-state index in [2.05, 4.69) is 68.2 Å². The molecule has 4 heteroatoms. The van der Waals surface area contributed by atoms with Gasteiger partial charge in [0, 0.05) is 58.2 Å². The minimum absolute atomic E-state index is 0. The number of fused-ring (bicyclic) bond motifs is 4. The van der Waals surface area contributed by atoms with Gasteiger partial charge >= 0.3 is 0 Å². The molecule has 2 heterocycles. The third-order valence-electron chi connectivity index (χ3n) is 14.6. The van der Waals surface area contributed by atoms with Gasteiger partial charge in [0.1, 0.15) is 0 Å². The SMILES string of the molecule is CC1CC2C(C3CCC4CCCCC4N3)CCCC2C1[Si](C)(C)C1[CH-]CC2C(c3ccc4ccccc4n3)CCCC21.[W]. The molecule has 1 aliphatic heterocycles. The van der Waals surface area contributed by atoms with Crippen molar-refractivity contribution in [2.45, 2.75) is 139 Å². The van der Waals surface area contributed by atoms with Crippen molar-refractivity contribution < 1.29 is 21.1 Å². The fraction of sp³-hybridized carbons (Fsp3) is 0.744. The molecule has 0 bridgehead atoms. The number of hydrogen-bond donors (Lipinski definition) is 1. The van der Waals surface area contributed by atoms with Gasteiger partial charge in [-0.15, -0.1) is 0 Å². The van der Waals surface area contributed by atoms with Gasteiger partial charge < -0.3 is 11.7 Å². The van der Waals surface area contributed by atoms with Crippen LogP contribution in [0.25, 0.3) is 10.9 Å². The first kappa shape index (κ1) is 31.1. The van der Waals surface area contributed by atoms with Crippen LogP contribution in [0.2, 0.25) is 24.2 Å². The van der Waals surface area contributed by atoms with Crippen molar-refractivity contribution in [1.82, 2.24) is 10.3 Å². The maximum absolute atomic E-state index is 5.26. The van der Waals surface area contributed by atoms with E-state index in [-0.39, 0.29) is 21.1 Å². The van der Waals surface area contributed by atoms with Crippen LogP contribution in [-0.2, 0) is 21.1 Å². The molecular formula is C39H57N2SiW-. The summed E-state index contributed by atoms with van der Waals surface area (Å²) in [5.41, 5.74) is 4.51. The van der Waals surface area contributed by atoms with Crippen LogP contribution in [0.15, 0.2) is 36.4 Å². The van der Waals surface area contributed by atoms with E-state index in [1.54, 1.807) is 0 Å². The summed E-state index contributed by atoms with van der Waals surface area (Å²) in [6.45, 7) is 8.44. The van der Waals surface area contributed by atoms with E-state index in [1.165, 1.54) is 106 Å². The minimum atomic E-state index is -1.49. The Labute approximate surface area is 278 Å². The Kier molecular flexibility index (Phi) is 9.11. The zero-order valence-electron chi connectivity index (χ0n) is 27.2. The summed E-state index contributed by atoms with van der Waals surface area (Å²) in [4.78, 5) is 5.26. The molecule has 234 valence electrons. The van der Waals surface area contributed by atoms with E-state index >= 15 is 0 Å². The summed E-state index contributed by atoms with van der Waals surface area (Å²) in [6, 6.07) is 15.1. The summed E-state index contributed by atoms with van der Waals surface area (Å²) >= 11 is 0. The summed E-state index contributed by atoms with van der Waals surface area (Å²) in [7, 11) is -1.49. The molecule has 0 amide bonds. The molecule has 6 fully saturated rings. The summed E-state index contributed by atoms with van der Waals surface area (Å²) in [6.07, 6.45) is 23.5. The smallest absolute Gasteiger partial charge is 0.0705 e. The van der Waals surface area contributed by atoms with Gasteiger partial charge in [0.15, 0.2) is 0 Å². The number of aromatic nitrogens is 1. The number of pyridine rings is 1. The second-order valence-electron chi connectivity index (χ2n) is 16.8. The number of nitrogens with zero attached hydrogens (tertiary/aromatic N) is 1. The van der Waals surface area contributed by atoms with Crippen LogP contribution in [0.3, 0.4) is 0 Å². The fourth-order valence-corrected chi connectivity index (χ4v) is 18.9. The van der Waals surface area contributed by atoms with E-state index < -0.39 is 8.07 Å². The molecule has 1 aromatic heterocycles. The average Bonchev–Trinajstić information content (AvgIpc) is 3.62. The largest absolute Gasteiger partial charge is 0.327 e. The monoisotopic (exact) mass is 765 g/mol. The number of hydrogen-bond acceptors (Lipinski definition) is 2. The van der Waals surface area contributed by atoms with Crippen molar-refractivity contribution in [3.8, 4) is 0 Å². The first-order chi connectivity index (χ1) is 20.5. The number of piperidine rings is 1. The van der Waals surface area contributed by atoms with Crippen molar-refractivity contribution >= 4 is 19.0 Å². The molecule has 1 N–H and O–H groups in total. The standard InChI is InChI=1S/C39H57N2Si.W/c1-25-24-33-30(37-22-19-27-11-5-7-17-35(27)41-37)13-9-15-32(33)39(25)42(2,3)38-23-20-28-29(12-8-14-31(28)38)36-21-18-26-10-4-6-16-34(26)40-36;/h4,6,10,16,18,21,23,25,27-33,35,37-39,41H,5,7-9,11-15,17,19-20,22,24H2,1-3H3;/q-1;. The van der Waals surface area contributed by atoms with Gasteiger partial charge in [0.05, 0.1) is 5.52 Å². The van der Waals surface area contributed by atoms with E-state index in [9.17, 15) is 0 Å². The van der Waals surface area contributed by atoms with Gasteiger partial charge in [-0.3, -0.25) is 4.98 Å². The van der Waals surface area contributed by atoms with Crippen LogP contribution in [0.4, 0.5) is 0 Å². The Hall–Kier alpha value is -0.505. The van der Waals surface area contributed by atoms with Gasteiger partial charge in [-0.1, -0.05) is 94.6 Å². The normalized spacial score (nSPS) is 43.0. The Bertz CT molecular complexity index is 1260. The van der Waals surface area contributed by atoms with Gasteiger partial charge in [-0.25, -0.2) is 0 Å². The van der Waals surface area contributed by atoms with E-state index in [0.717, 1.165) is 64.6 Å². The molecule has 12 unspecified atom stereocenters. The zero-order chi connectivity index (χ0) is 28.4. The molecule has 43 heavy (non-hydrogen) atoms. The minimum Gasteiger partial charge on any atom is -0.327 e. The van der Waals surface area contributed by atoms with Crippen LogP contribution in [-0.4, -0.2) is 25.1 Å². The molecule has 6 aliphatic rings. The third-order valence-corrected chi connectivity index (χ3v) is 19.7. The summed E-state index contributed by atoms with van der Waals surface area (Å²) < 4.78 is 0. The molecule has 2 aromatic rings. The van der Waals surface area contributed by atoms with Gasteiger partial charge in [0.25, 0.3) is 0 Å². The molecule has 12 atom stereocenters. The topological polar surface area (TPSA) is 24.9 Å². The fourth-order valence-electron chi connectivity index (χ4n) is 13.1. The average molecular weight is 766 g/mol. The van der Waals surface area contributed by atoms with Crippen LogP contribution >= 0.6 is 0 Å². The summed E-state index contributed by atoms with van der Waals surface area (Å²) in [5.74, 6) is 7.29. The molecule has 8 rings (SSSR count). The maximum atomic E-state index is 5.26. The van der Waals surface area contributed by atoms with Crippen LogP contribution in [0, 0.1) is 47.8 Å². The first-order valence-electron chi connectivity index (χ1n) is 18.4. The van der Waals surface area contributed by atoms with Crippen LogP contribution in [0.1, 0.15) is 108 Å². The molecule has 5 saturated carbocycles. The zero-order valence-corrected chi connectivity index (χ0v) is 31.2. The maximum Gasteiger partial charge on any atom is 0.0705 e. The van der Waals surface area contributed by atoms with Crippen LogP contribution < -0.4 is 5.32 Å². The number of nitrogens with one attached hydrogen (secondary N) is 1. The Balaban J connectivity index is 0.00000300. The Morgan fingerprint density at radius 2 is 1.53 bits per heavy atom. The first-order valence-corrected chi connectivity index (χ1v) is 21.6. The van der Waals surface area contributed by atoms with Crippen molar-refractivity contribution in [2.24, 2.45) is 41.4 Å². The van der Waals surface area contributed by atoms with Crippen LogP contribution in [0.5, 0.6) is 0 Å². The molecule has 0 spiro atoms. The van der Waals surface area contributed by atoms with Crippen molar-refractivity contribution in [3.63, 3.8) is 0 Å². The van der Waals surface area contributed by atoms with Gasteiger partial charge in [-0.05, 0) is 92.2 Å². The molecular weight excluding hydrogens is 708 g/mol. The van der Waals surface area contributed by atoms with Crippen molar-refractivity contribution in [2.75, 3.05) is 0 Å². The number of benzene rings is 1. The number of para-hydroxylation sites is 1. The van der Waals surface area contributed by atoms with Crippen molar-refractivity contribution in [1.29, 1.82) is 0 Å². The molecule has 5 aliphatic carbocycles. The van der Waals surface area contributed by atoms with E-state index in [4.69, 9.17) is 4.98 Å². The van der Waals surface area contributed by atoms with E-state index in [1.807, 2.05) is 0 Å². The quantitative estimate of drug-likeness (QED) is 0.248. The summed E-state index contributed by atoms with van der Waals surface area (Å²) in [5, 5.41) is 5.62. The Morgan fingerprint density at radius 1 is 0.744 bits per heavy atom. The van der Waals surface area contributed by atoms with E-state index in [0.29, 0.717) is 5.92 Å². The number of rotatable bonds is 4. The second kappa shape index (κ2) is 12.6. The molecule has 1 saturated heterocycles. The molecule has 1 aromatic carbocycles. The Morgan fingerprint density at radius 3 is 2.44 bits per heavy atom. The van der Waals surface area contributed by atoms with Gasteiger partial charge in [-0.2, -0.15) is 12.0 Å². The predicted octanol–water partition coefficient (Wildman–Crippen LogP) is 10.2. The molecule has 2 nitrogen and oxygen atoms in total. The third kappa shape index (κ3) is 5.50.